The SMILES string of the molecule is CCC(N)CC(=O)N1CC(OC)CC1C(=O)O. The van der Waals surface area contributed by atoms with Crippen LogP contribution in [-0.2, 0) is 14.3 Å². The third-order valence-electron chi connectivity index (χ3n) is 3.16. The van der Waals surface area contributed by atoms with E-state index in [4.69, 9.17) is 15.6 Å². The maximum atomic E-state index is 11.9. The Morgan fingerprint density at radius 2 is 2.24 bits per heavy atom. The lowest BCUT2D eigenvalue weighted by atomic mass is 10.1. The van der Waals surface area contributed by atoms with Gasteiger partial charge in [-0.1, -0.05) is 6.92 Å². The maximum Gasteiger partial charge on any atom is 0.326 e. The molecule has 6 heteroatoms. The van der Waals surface area contributed by atoms with Crippen LogP contribution in [0.2, 0.25) is 0 Å². The summed E-state index contributed by atoms with van der Waals surface area (Å²) in [4.78, 5) is 24.3. The Balaban J connectivity index is 2.66. The number of hydrogen-bond donors (Lipinski definition) is 2. The average Bonchev–Trinajstić information content (AvgIpc) is 2.72. The van der Waals surface area contributed by atoms with Crippen molar-refractivity contribution in [2.24, 2.45) is 5.73 Å². The monoisotopic (exact) mass is 244 g/mol. The second-order valence-electron chi connectivity index (χ2n) is 4.37. The number of nitrogens with two attached hydrogens (primary N) is 1. The molecule has 0 aromatic rings. The number of carbonyl (C=O) groups is 2. The van der Waals surface area contributed by atoms with Crippen molar-refractivity contribution in [1.29, 1.82) is 0 Å². The summed E-state index contributed by atoms with van der Waals surface area (Å²) in [6.07, 6.45) is 1.04. The summed E-state index contributed by atoms with van der Waals surface area (Å²) in [6.45, 7) is 2.23. The zero-order valence-electron chi connectivity index (χ0n) is 10.3. The van der Waals surface area contributed by atoms with Crippen molar-refractivity contribution in [3.05, 3.63) is 0 Å². The highest BCUT2D eigenvalue weighted by atomic mass is 16.5. The van der Waals surface area contributed by atoms with E-state index >= 15 is 0 Å². The lowest BCUT2D eigenvalue weighted by Gasteiger charge is -2.22. The van der Waals surface area contributed by atoms with Crippen molar-refractivity contribution >= 4 is 11.9 Å². The number of aliphatic carboxylic acids is 1. The summed E-state index contributed by atoms with van der Waals surface area (Å²) in [5, 5.41) is 9.06. The molecule has 0 aromatic heterocycles. The van der Waals surface area contributed by atoms with E-state index in [1.165, 1.54) is 12.0 Å². The van der Waals surface area contributed by atoms with Crippen LogP contribution in [0.5, 0.6) is 0 Å². The summed E-state index contributed by atoms with van der Waals surface area (Å²) in [7, 11) is 1.52. The van der Waals surface area contributed by atoms with Gasteiger partial charge in [0.1, 0.15) is 6.04 Å². The zero-order chi connectivity index (χ0) is 13.0. The summed E-state index contributed by atoms with van der Waals surface area (Å²) in [5.74, 6) is -1.19. The van der Waals surface area contributed by atoms with Crippen molar-refractivity contribution in [2.45, 2.75) is 44.4 Å². The van der Waals surface area contributed by atoms with Crippen LogP contribution in [0.15, 0.2) is 0 Å². The number of carboxylic acid groups (broad SMARTS) is 1. The van der Waals surface area contributed by atoms with Crippen LogP contribution < -0.4 is 5.73 Å². The van der Waals surface area contributed by atoms with E-state index in [0.717, 1.165) is 0 Å². The molecule has 1 aliphatic rings. The highest BCUT2D eigenvalue weighted by Gasteiger charge is 2.39. The van der Waals surface area contributed by atoms with E-state index < -0.39 is 12.0 Å². The number of carbonyl (C=O) groups excluding carboxylic acids is 1. The van der Waals surface area contributed by atoms with Gasteiger partial charge in [0.2, 0.25) is 5.91 Å². The van der Waals surface area contributed by atoms with Crippen molar-refractivity contribution < 1.29 is 19.4 Å². The first-order valence-electron chi connectivity index (χ1n) is 5.80. The van der Waals surface area contributed by atoms with Gasteiger partial charge in [0, 0.05) is 32.5 Å². The Kier molecular flexibility index (Phi) is 4.89. The minimum Gasteiger partial charge on any atom is -0.480 e. The van der Waals surface area contributed by atoms with Gasteiger partial charge in [-0.15, -0.1) is 0 Å². The van der Waals surface area contributed by atoms with Crippen LogP contribution in [0, 0.1) is 0 Å². The summed E-state index contributed by atoms with van der Waals surface area (Å²) < 4.78 is 5.11. The van der Waals surface area contributed by atoms with Crippen LogP contribution in [0.1, 0.15) is 26.2 Å². The molecule has 0 aromatic carbocycles. The largest absolute Gasteiger partial charge is 0.480 e. The van der Waals surface area contributed by atoms with Crippen LogP contribution in [0.3, 0.4) is 0 Å². The first-order chi connectivity index (χ1) is 7.99. The number of carboxylic acids is 1. The van der Waals surface area contributed by atoms with Gasteiger partial charge in [-0.2, -0.15) is 0 Å². The molecule has 1 aliphatic heterocycles. The second-order valence-corrected chi connectivity index (χ2v) is 4.37. The van der Waals surface area contributed by atoms with E-state index in [-0.39, 0.29) is 24.5 Å². The minimum absolute atomic E-state index is 0.191. The molecule has 0 spiro atoms. The van der Waals surface area contributed by atoms with Gasteiger partial charge in [-0.25, -0.2) is 4.79 Å². The number of methoxy groups -OCH3 is 1. The highest BCUT2D eigenvalue weighted by molar-refractivity contribution is 5.84. The fourth-order valence-electron chi connectivity index (χ4n) is 1.96. The summed E-state index contributed by atoms with van der Waals surface area (Å²) >= 11 is 0. The lowest BCUT2D eigenvalue weighted by molar-refractivity contribution is -0.148. The number of likely N-dealkylation sites (tertiary alicyclic amines) is 1. The molecule has 0 aliphatic carbocycles. The Hall–Kier alpha value is -1.14. The Morgan fingerprint density at radius 1 is 1.59 bits per heavy atom. The van der Waals surface area contributed by atoms with E-state index in [2.05, 4.69) is 0 Å². The van der Waals surface area contributed by atoms with Gasteiger partial charge in [-0.3, -0.25) is 4.79 Å². The zero-order valence-corrected chi connectivity index (χ0v) is 10.3. The minimum atomic E-state index is -0.983. The standard InChI is InChI=1S/C11H20N2O4/c1-3-7(12)4-10(14)13-6-8(17-2)5-9(13)11(15)16/h7-9H,3-6,12H2,1-2H3,(H,15,16). The molecule has 17 heavy (non-hydrogen) atoms. The van der Waals surface area contributed by atoms with Gasteiger partial charge in [0.25, 0.3) is 0 Å². The molecular formula is C11H20N2O4. The molecule has 3 atom stereocenters. The topological polar surface area (TPSA) is 92.9 Å². The van der Waals surface area contributed by atoms with Crippen molar-refractivity contribution in [3.63, 3.8) is 0 Å². The highest BCUT2D eigenvalue weighted by Crippen LogP contribution is 2.21. The molecule has 6 nitrogen and oxygen atoms in total. The molecule has 0 saturated carbocycles. The second kappa shape index (κ2) is 5.97. The number of amides is 1. The number of ether oxygens (including phenoxy) is 1. The predicted octanol–water partition coefficient (Wildman–Crippen LogP) is -0.186. The summed E-state index contributed by atoms with van der Waals surface area (Å²) in [6, 6.07) is -0.991. The molecule has 3 N–H and O–H groups in total. The van der Waals surface area contributed by atoms with E-state index in [0.29, 0.717) is 19.4 Å². The molecule has 1 amide bonds. The predicted molar refractivity (Wildman–Crippen MR) is 61.4 cm³/mol. The molecule has 1 heterocycles. The number of rotatable bonds is 5. The van der Waals surface area contributed by atoms with Crippen molar-refractivity contribution in [1.82, 2.24) is 4.90 Å². The lowest BCUT2D eigenvalue weighted by Crippen LogP contribution is -2.42. The number of hydrogen-bond acceptors (Lipinski definition) is 4. The quantitative estimate of drug-likeness (QED) is 0.699. The molecule has 1 saturated heterocycles. The fourth-order valence-corrected chi connectivity index (χ4v) is 1.96. The first-order valence-corrected chi connectivity index (χ1v) is 5.80. The van der Waals surface area contributed by atoms with Crippen LogP contribution in [0.4, 0.5) is 0 Å². The molecule has 0 bridgehead atoms. The third-order valence-corrected chi connectivity index (χ3v) is 3.16. The van der Waals surface area contributed by atoms with Gasteiger partial charge in [-0.05, 0) is 6.42 Å². The molecule has 3 unspecified atom stereocenters. The maximum absolute atomic E-state index is 11.9. The molecular weight excluding hydrogens is 224 g/mol. The number of nitrogens with zero attached hydrogens (tertiary/aromatic N) is 1. The molecule has 0 radical (unpaired) electrons. The Bertz CT molecular complexity index is 295. The first kappa shape index (κ1) is 13.9. The molecule has 1 fully saturated rings. The van der Waals surface area contributed by atoms with Gasteiger partial charge < -0.3 is 20.5 Å². The normalized spacial score (nSPS) is 25.9. The van der Waals surface area contributed by atoms with E-state index in [9.17, 15) is 9.59 Å². The average molecular weight is 244 g/mol. The van der Waals surface area contributed by atoms with Crippen molar-refractivity contribution in [3.8, 4) is 0 Å². The Labute approximate surface area is 101 Å². The van der Waals surface area contributed by atoms with Gasteiger partial charge in [0.15, 0.2) is 0 Å². The van der Waals surface area contributed by atoms with Crippen LogP contribution >= 0.6 is 0 Å². The van der Waals surface area contributed by atoms with E-state index in [1.54, 1.807) is 0 Å². The Morgan fingerprint density at radius 3 is 2.71 bits per heavy atom. The van der Waals surface area contributed by atoms with Gasteiger partial charge in [0.05, 0.1) is 6.10 Å². The van der Waals surface area contributed by atoms with E-state index in [1.807, 2.05) is 6.92 Å². The smallest absolute Gasteiger partial charge is 0.326 e. The molecule has 98 valence electrons. The molecule has 1 rings (SSSR count). The van der Waals surface area contributed by atoms with Gasteiger partial charge >= 0.3 is 5.97 Å². The van der Waals surface area contributed by atoms with Crippen LogP contribution in [0.25, 0.3) is 0 Å². The van der Waals surface area contributed by atoms with Crippen LogP contribution in [-0.4, -0.2) is 53.7 Å². The van der Waals surface area contributed by atoms with Crippen molar-refractivity contribution in [2.75, 3.05) is 13.7 Å². The fraction of sp³-hybridized carbons (Fsp3) is 0.818. The summed E-state index contributed by atoms with van der Waals surface area (Å²) in [5.41, 5.74) is 5.70. The third kappa shape index (κ3) is 3.41.